The fourth-order valence-electron chi connectivity index (χ4n) is 3.57. The summed E-state index contributed by atoms with van der Waals surface area (Å²) in [5.74, 6) is 0.467. The lowest BCUT2D eigenvalue weighted by atomic mass is 9.98. The van der Waals surface area contributed by atoms with Crippen LogP contribution in [0.5, 0.6) is 0 Å². The van der Waals surface area contributed by atoms with Gasteiger partial charge in [0.2, 0.25) is 0 Å². The third-order valence-corrected chi connectivity index (χ3v) is 5.30. The number of fused-ring (bicyclic) bond motifs is 1. The van der Waals surface area contributed by atoms with Crippen molar-refractivity contribution in [3.05, 3.63) is 92.4 Å². The number of aryl methyl sites for hydroxylation is 1. The molecule has 0 fully saturated rings. The van der Waals surface area contributed by atoms with Crippen molar-refractivity contribution in [2.45, 2.75) is 26.8 Å². The second-order valence-electron chi connectivity index (χ2n) is 7.33. The van der Waals surface area contributed by atoms with Crippen LogP contribution in [-0.4, -0.2) is 4.98 Å². The minimum Gasteiger partial charge on any atom is -0.455 e. The Morgan fingerprint density at radius 2 is 1.94 bits per heavy atom. The van der Waals surface area contributed by atoms with E-state index in [1.165, 1.54) is 0 Å². The number of pyridine rings is 1. The molecule has 1 atom stereocenters. The van der Waals surface area contributed by atoms with E-state index >= 15 is 0 Å². The van der Waals surface area contributed by atoms with Crippen LogP contribution in [0.15, 0.2) is 63.8 Å². The zero-order chi connectivity index (χ0) is 23.0. The number of nitrogens with one attached hydrogen (secondary N) is 1. The first kappa shape index (κ1) is 19.3. The molecule has 4 aromatic rings. The van der Waals surface area contributed by atoms with Crippen LogP contribution in [0.4, 0.5) is 5.69 Å². The Hall–Kier alpha value is -3.62. The molecule has 0 aliphatic rings. The van der Waals surface area contributed by atoms with Crippen LogP contribution in [0.25, 0.3) is 22.3 Å². The number of hydrogen-bond donors (Lipinski definition) is 1. The van der Waals surface area contributed by atoms with Crippen molar-refractivity contribution in [3.63, 3.8) is 0 Å². The molecule has 0 spiro atoms. The van der Waals surface area contributed by atoms with Crippen LogP contribution in [-0.2, 0) is 0 Å². The number of aromatic nitrogens is 1. The molecule has 0 aliphatic carbocycles. The highest BCUT2D eigenvalue weighted by molar-refractivity contribution is 6.29. The van der Waals surface area contributed by atoms with E-state index in [2.05, 4.69) is 10.3 Å². The van der Waals surface area contributed by atoms with Crippen LogP contribution in [0.3, 0.4) is 0 Å². The monoisotopic (exact) mass is 430 g/mol. The van der Waals surface area contributed by atoms with E-state index in [-0.39, 0.29) is 16.3 Å². The standard InChI is InChI=1S/C25H20ClN3O2/c1-14-11-18(16(3)28-20-9-10-22(26)29-21(20)13-27)25-19(12-14)23(30)15(2)24(31-25)17-7-5-4-6-8-17/h4-12,16,28H,1-3H3/t16-/m1/s1/i16D. The van der Waals surface area contributed by atoms with Gasteiger partial charge in [0.25, 0.3) is 0 Å². The van der Waals surface area contributed by atoms with E-state index in [1.54, 1.807) is 32.0 Å². The summed E-state index contributed by atoms with van der Waals surface area (Å²) in [5.41, 5.74) is 3.21. The van der Waals surface area contributed by atoms with Gasteiger partial charge < -0.3 is 9.73 Å². The minimum atomic E-state index is -1.44. The molecule has 154 valence electrons. The third-order valence-electron chi connectivity index (χ3n) is 5.09. The fraction of sp³-hybridized carbons (Fsp3) is 0.160. The molecule has 0 radical (unpaired) electrons. The number of anilines is 1. The number of hydrogen-bond acceptors (Lipinski definition) is 5. The van der Waals surface area contributed by atoms with Gasteiger partial charge in [0.15, 0.2) is 11.1 Å². The molecule has 0 bridgehead atoms. The highest BCUT2D eigenvalue weighted by atomic mass is 35.5. The molecule has 2 aromatic carbocycles. The van der Waals surface area contributed by atoms with E-state index in [4.69, 9.17) is 17.4 Å². The van der Waals surface area contributed by atoms with Gasteiger partial charge in [-0.1, -0.05) is 48.0 Å². The summed E-state index contributed by atoms with van der Waals surface area (Å²) in [7, 11) is 0. The van der Waals surface area contributed by atoms with Gasteiger partial charge in [-0.05, 0) is 44.5 Å². The Bertz CT molecular complexity index is 1440. The highest BCUT2D eigenvalue weighted by Gasteiger charge is 2.19. The van der Waals surface area contributed by atoms with Crippen LogP contribution >= 0.6 is 11.6 Å². The zero-order valence-corrected chi connectivity index (χ0v) is 18.0. The summed E-state index contributed by atoms with van der Waals surface area (Å²) in [4.78, 5) is 17.3. The Labute approximate surface area is 186 Å². The molecule has 0 unspecified atom stereocenters. The Morgan fingerprint density at radius 1 is 1.19 bits per heavy atom. The number of rotatable bonds is 4. The SMILES string of the molecule is [2H][C@](C)(Nc1ccc(Cl)nc1C#N)c1cc(C)cc2c(=O)c(C)c(-c3ccccc3)oc12. The quantitative estimate of drug-likeness (QED) is 0.391. The lowest BCUT2D eigenvalue weighted by Crippen LogP contribution is -2.13. The van der Waals surface area contributed by atoms with Crippen molar-refractivity contribution in [2.24, 2.45) is 0 Å². The summed E-state index contributed by atoms with van der Waals surface area (Å²) < 4.78 is 15.3. The lowest BCUT2D eigenvalue weighted by molar-refractivity contribution is 0.605. The predicted octanol–water partition coefficient (Wildman–Crippen LogP) is 6.17. The van der Waals surface area contributed by atoms with E-state index in [1.807, 2.05) is 49.4 Å². The van der Waals surface area contributed by atoms with Gasteiger partial charge in [0, 0.05) is 16.7 Å². The normalized spacial score (nSPS) is 13.3. The molecular formula is C25H20ClN3O2. The van der Waals surface area contributed by atoms with Crippen LogP contribution in [0.2, 0.25) is 5.15 Å². The molecular weight excluding hydrogens is 410 g/mol. The first-order valence-corrected chi connectivity index (χ1v) is 10.1. The van der Waals surface area contributed by atoms with Gasteiger partial charge in [-0.15, -0.1) is 0 Å². The number of halogens is 1. The van der Waals surface area contributed by atoms with Crippen molar-refractivity contribution in [2.75, 3.05) is 5.32 Å². The average Bonchev–Trinajstić information content (AvgIpc) is 2.77. The number of nitriles is 1. The van der Waals surface area contributed by atoms with Crippen LogP contribution < -0.4 is 10.7 Å². The summed E-state index contributed by atoms with van der Waals surface area (Å²) >= 11 is 5.90. The molecule has 6 heteroatoms. The molecule has 0 saturated heterocycles. The largest absolute Gasteiger partial charge is 0.455 e. The highest BCUT2D eigenvalue weighted by Crippen LogP contribution is 2.32. The predicted molar refractivity (Wildman–Crippen MR) is 123 cm³/mol. The van der Waals surface area contributed by atoms with E-state index in [0.717, 1.165) is 11.1 Å². The van der Waals surface area contributed by atoms with E-state index in [0.29, 0.717) is 33.5 Å². The minimum absolute atomic E-state index is 0.0789. The Kier molecular flexibility index (Phi) is 5.15. The maximum Gasteiger partial charge on any atom is 0.196 e. The first-order chi connectivity index (χ1) is 15.2. The molecule has 0 saturated carbocycles. The molecule has 1 N–H and O–H groups in total. The maximum atomic E-state index is 13.2. The fourth-order valence-corrected chi connectivity index (χ4v) is 3.72. The number of benzene rings is 2. The summed E-state index contributed by atoms with van der Waals surface area (Å²) in [6.45, 7) is 5.24. The van der Waals surface area contributed by atoms with Crippen LogP contribution in [0.1, 0.15) is 36.7 Å². The van der Waals surface area contributed by atoms with Gasteiger partial charge in [-0.25, -0.2) is 4.98 Å². The summed E-state index contributed by atoms with van der Waals surface area (Å²) in [6, 6.07) is 16.7. The van der Waals surface area contributed by atoms with Gasteiger partial charge >= 0.3 is 0 Å². The smallest absolute Gasteiger partial charge is 0.196 e. The van der Waals surface area contributed by atoms with Crippen molar-refractivity contribution >= 4 is 28.3 Å². The van der Waals surface area contributed by atoms with Crippen molar-refractivity contribution < 1.29 is 5.79 Å². The van der Waals surface area contributed by atoms with Gasteiger partial charge in [-0.3, -0.25) is 4.79 Å². The Balaban J connectivity index is 1.95. The molecule has 4 rings (SSSR count). The molecule has 0 aliphatic heterocycles. The van der Waals surface area contributed by atoms with Gasteiger partial charge in [0.1, 0.15) is 22.6 Å². The molecule has 2 aromatic heterocycles. The van der Waals surface area contributed by atoms with Crippen molar-refractivity contribution in [1.29, 1.82) is 5.26 Å². The van der Waals surface area contributed by atoms with E-state index in [9.17, 15) is 10.1 Å². The molecule has 31 heavy (non-hydrogen) atoms. The molecule has 2 heterocycles. The van der Waals surface area contributed by atoms with E-state index < -0.39 is 6.02 Å². The van der Waals surface area contributed by atoms with Crippen molar-refractivity contribution in [3.8, 4) is 17.4 Å². The molecule has 5 nitrogen and oxygen atoms in total. The van der Waals surface area contributed by atoms with Gasteiger partial charge in [-0.2, -0.15) is 5.26 Å². The first-order valence-electron chi connectivity index (χ1n) is 10.2. The molecule has 0 amide bonds. The summed E-state index contributed by atoms with van der Waals surface area (Å²) in [6.07, 6.45) is 0. The van der Waals surface area contributed by atoms with Crippen molar-refractivity contribution in [1.82, 2.24) is 4.98 Å². The number of nitrogens with zero attached hydrogens (tertiary/aromatic N) is 2. The third kappa shape index (κ3) is 3.90. The Morgan fingerprint density at radius 3 is 2.65 bits per heavy atom. The van der Waals surface area contributed by atoms with Crippen LogP contribution in [0, 0.1) is 25.2 Å². The zero-order valence-electron chi connectivity index (χ0n) is 18.3. The average molecular weight is 431 g/mol. The second kappa shape index (κ2) is 8.25. The topological polar surface area (TPSA) is 78.9 Å². The lowest BCUT2D eigenvalue weighted by Gasteiger charge is -2.19. The maximum absolute atomic E-state index is 13.2. The second-order valence-corrected chi connectivity index (χ2v) is 7.72. The summed E-state index contributed by atoms with van der Waals surface area (Å²) in [5, 5.41) is 13.1. The van der Waals surface area contributed by atoms with Gasteiger partial charge in [0.05, 0.1) is 18.5 Å².